The lowest BCUT2D eigenvalue weighted by atomic mass is 9.85. The second-order valence-electron chi connectivity index (χ2n) is 5.23. The lowest BCUT2D eigenvalue weighted by Gasteiger charge is -2.40. The van der Waals surface area contributed by atoms with E-state index in [0.717, 1.165) is 0 Å². The predicted molar refractivity (Wildman–Crippen MR) is 77.5 cm³/mol. The van der Waals surface area contributed by atoms with Crippen molar-refractivity contribution in [2.45, 2.75) is 44.6 Å². The molecule has 0 fully saturated rings. The highest BCUT2D eigenvalue weighted by Crippen LogP contribution is 2.28. The maximum Gasteiger partial charge on any atom is 0.217 e. The Balaban J connectivity index is 2.99. The molecule has 0 aliphatic carbocycles. The molecule has 5 atom stereocenters. The van der Waals surface area contributed by atoms with Crippen LogP contribution in [0, 0.1) is 5.92 Å². The highest BCUT2D eigenvalue weighted by Gasteiger charge is 2.41. The predicted octanol–water partition coefficient (Wildman–Crippen LogP) is -0.176. The molecule has 0 radical (unpaired) electrons. The summed E-state index contributed by atoms with van der Waals surface area (Å²) in [5.74, 6) is -0.0125. The van der Waals surface area contributed by atoms with Crippen molar-refractivity contribution >= 4 is 5.91 Å². The molecule has 1 aliphatic heterocycles. The number of nitrogens with one attached hydrogen (secondary N) is 1. The second-order valence-corrected chi connectivity index (χ2v) is 5.23. The molecule has 0 aromatic heterocycles. The third-order valence-electron chi connectivity index (χ3n) is 3.50. The summed E-state index contributed by atoms with van der Waals surface area (Å²) in [6.45, 7) is 2.63. The third kappa shape index (κ3) is 4.88. The minimum absolute atomic E-state index is 0.228. The van der Waals surface area contributed by atoms with Gasteiger partial charge in [0.15, 0.2) is 0 Å². The Kier molecular flexibility index (Phi) is 7.13. The lowest BCUT2D eigenvalue weighted by Crippen LogP contribution is -2.57. The average Bonchev–Trinajstić information content (AvgIpc) is 2.47. The number of aliphatic hydroxyl groups is 3. The minimum Gasteiger partial charge on any atom is -0.490 e. The van der Waals surface area contributed by atoms with Gasteiger partial charge in [0, 0.05) is 24.3 Å². The van der Waals surface area contributed by atoms with Gasteiger partial charge in [-0.2, -0.15) is 0 Å². The summed E-state index contributed by atoms with van der Waals surface area (Å²) in [4.78, 5) is 14.1. The zero-order valence-electron chi connectivity index (χ0n) is 12.6. The fraction of sp³-hybridized carbons (Fsp3) is 0.769. The van der Waals surface area contributed by atoms with E-state index in [9.17, 15) is 15.0 Å². The van der Waals surface area contributed by atoms with Crippen molar-refractivity contribution in [1.29, 1.82) is 0 Å². The van der Waals surface area contributed by atoms with Gasteiger partial charge in [0.05, 0.1) is 18.4 Å². The summed E-state index contributed by atoms with van der Waals surface area (Å²) < 4.78 is 5.54. The van der Waals surface area contributed by atoms with Gasteiger partial charge < -0.3 is 25.4 Å². The number of rotatable bonds is 7. The Bertz CT molecular complexity index is 463. The van der Waals surface area contributed by atoms with Crippen LogP contribution in [0.15, 0.2) is 16.9 Å². The number of hydrogen-bond donors (Lipinski definition) is 4. The van der Waals surface area contributed by atoms with Gasteiger partial charge in [0.1, 0.15) is 18.3 Å². The fourth-order valence-electron chi connectivity index (χ4n) is 2.52. The van der Waals surface area contributed by atoms with Crippen LogP contribution in [0.2, 0.25) is 0 Å². The molecule has 0 bridgehead atoms. The van der Waals surface area contributed by atoms with Crippen molar-refractivity contribution < 1.29 is 24.9 Å². The molecule has 1 aliphatic rings. The molecule has 0 saturated carbocycles. The van der Waals surface area contributed by atoms with Gasteiger partial charge in [0.2, 0.25) is 5.91 Å². The normalized spacial score (nSPS) is 27.0. The number of carbonyl (C=O) groups excluding carboxylic acids is 1. The van der Waals surface area contributed by atoms with Crippen LogP contribution < -0.4 is 5.32 Å². The molecule has 1 rings (SSSR count). The van der Waals surface area contributed by atoms with E-state index in [-0.39, 0.29) is 18.4 Å². The van der Waals surface area contributed by atoms with E-state index < -0.39 is 31.0 Å². The first-order chi connectivity index (χ1) is 10.4. The number of azide groups is 1. The van der Waals surface area contributed by atoms with Crippen molar-refractivity contribution in [3.8, 4) is 0 Å². The first-order valence-electron chi connectivity index (χ1n) is 7.00. The topological polar surface area (TPSA) is 148 Å². The van der Waals surface area contributed by atoms with Crippen molar-refractivity contribution in [2.75, 3.05) is 13.2 Å². The molecule has 0 unspecified atom stereocenters. The molecule has 1 heterocycles. The molecular weight excluding hydrogens is 292 g/mol. The Labute approximate surface area is 128 Å². The lowest BCUT2D eigenvalue weighted by molar-refractivity contribution is -0.128. The number of carbonyl (C=O) groups is 1. The number of ether oxygens (including phenoxy) is 1. The summed E-state index contributed by atoms with van der Waals surface area (Å²) in [7, 11) is 0. The van der Waals surface area contributed by atoms with Crippen LogP contribution in [0.25, 0.3) is 10.4 Å². The third-order valence-corrected chi connectivity index (χ3v) is 3.50. The molecule has 9 nitrogen and oxygen atoms in total. The van der Waals surface area contributed by atoms with E-state index in [1.54, 1.807) is 13.0 Å². The number of nitrogens with zero attached hydrogens (tertiary/aromatic N) is 3. The first-order valence-corrected chi connectivity index (χ1v) is 7.00. The molecule has 0 aromatic carbocycles. The van der Waals surface area contributed by atoms with Crippen molar-refractivity contribution in [3.05, 3.63) is 22.3 Å². The molecule has 4 N–H and O–H groups in total. The average molecular weight is 314 g/mol. The van der Waals surface area contributed by atoms with E-state index in [1.165, 1.54) is 6.92 Å². The van der Waals surface area contributed by atoms with Crippen LogP contribution in [0.1, 0.15) is 20.3 Å². The first kappa shape index (κ1) is 18.2. The summed E-state index contributed by atoms with van der Waals surface area (Å²) in [6.07, 6.45) is -1.43. The van der Waals surface area contributed by atoms with Gasteiger partial charge in [-0.05, 0) is 25.0 Å². The molecule has 124 valence electrons. The number of aliphatic hydroxyl groups excluding tert-OH is 3. The molecule has 0 spiro atoms. The van der Waals surface area contributed by atoms with Gasteiger partial charge in [-0.1, -0.05) is 5.11 Å². The van der Waals surface area contributed by atoms with Gasteiger partial charge in [-0.15, -0.1) is 0 Å². The summed E-state index contributed by atoms with van der Waals surface area (Å²) in [5.41, 5.74) is 8.35. The molecule has 0 saturated heterocycles. The zero-order valence-corrected chi connectivity index (χ0v) is 12.6. The van der Waals surface area contributed by atoms with Crippen LogP contribution in [-0.4, -0.2) is 58.7 Å². The minimum atomic E-state index is -1.38. The quantitative estimate of drug-likeness (QED) is 0.292. The summed E-state index contributed by atoms with van der Waals surface area (Å²) in [5, 5.41) is 34.9. The van der Waals surface area contributed by atoms with Crippen LogP contribution in [0.4, 0.5) is 0 Å². The summed E-state index contributed by atoms with van der Waals surface area (Å²) >= 11 is 0. The Morgan fingerprint density at radius 1 is 1.59 bits per heavy atom. The van der Waals surface area contributed by atoms with Crippen molar-refractivity contribution in [3.63, 3.8) is 0 Å². The highest BCUT2D eigenvalue weighted by molar-refractivity contribution is 5.73. The zero-order chi connectivity index (χ0) is 16.7. The fourth-order valence-corrected chi connectivity index (χ4v) is 2.52. The summed E-state index contributed by atoms with van der Waals surface area (Å²) in [6, 6.07) is -0.605. The van der Waals surface area contributed by atoms with Crippen LogP contribution in [0.5, 0.6) is 0 Å². The number of allylic oxidation sites excluding steroid dienone is 1. The maximum atomic E-state index is 11.4. The van der Waals surface area contributed by atoms with E-state index in [2.05, 4.69) is 15.3 Å². The van der Waals surface area contributed by atoms with Crippen LogP contribution >= 0.6 is 0 Å². The monoisotopic (exact) mass is 314 g/mol. The number of amides is 1. The smallest absolute Gasteiger partial charge is 0.217 e. The van der Waals surface area contributed by atoms with Gasteiger partial charge in [0.25, 0.3) is 0 Å². The molecular formula is C13H22N4O5. The van der Waals surface area contributed by atoms with Crippen molar-refractivity contribution in [2.24, 2.45) is 11.0 Å². The molecule has 9 heteroatoms. The Morgan fingerprint density at radius 2 is 2.27 bits per heavy atom. The molecule has 22 heavy (non-hydrogen) atoms. The Morgan fingerprint density at radius 3 is 2.82 bits per heavy atom. The van der Waals surface area contributed by atoms with E-state index in [0.29, 0.717) is 12.2 Å². The van der Waals surface area contributed by atoms with Gasteiger partial charge in [-0.3, -0.25) is 4.79 Å². The SMILES string of the molecule is CC(=O)N[C@H]1[C@H]([C@H](O)[C@H](O)CO)OC(C)=C[C@@H]1CCN=[N+]=[N-]. The second kappa shape index (κ2) is 8.60. The van der Waals surface area contributed by atoms with E-state index >= 15 is 0 Å². The molecule has 1 amide bonds. The van der Waals surface area contributed by atoms with Crippen molar-refractivity contribution in [1.82, 2.24) is 5.32 Å². The van der Waals surface area contributed by atoms with E-state index in [1.807, 2.05) is 0 Å². The molecule has 0 aromatic rings. The van der Waals surface area contributed by atoms with Crippen LogP contribution in [-0.2, 0) is 9.53 Å². The highest BCUT2D eigenvalue weighted by atomic mass is 16.5. The van der Waals surface area contributed by atoms with Gasteiger partial charge in [-0.25, -0.2) is 0 Å². The van der Waals surface area contributed by atoms with Gasteiger partial charge >= 0.3 is 0 Å². The largest absolute Gasteiger partial charge is 0.490 e. The van der Waals surface area contributed by atoms with Crippen LogP contribution in [0.3, 0.4) is 0 Å². The number of hydrogen-bond acceptors (Lipinski definition) is 6. The Hall–Kier alpha value is -1.80. The van der Waals surface area contributed by atoms with E-state index in [4.69, 9.17) is 15.4 Å². The maximum absolute atomic E-state index is 11.4. The standard InChI is InChI=1S/C13H22N4O5/c1-7-5-9(3-4-15-17-14)11(16-8(2)19)13(22-7)12(21)10(20)6-18/h5,9-13,18,20-21H,3-4,6H2,1-2H3,(H,16,19)/t9-,10+,11+,12+,13+/m0/s1.